The molecule has 0 atom stereocenters. The van der Waals surface area contributed by atoms with E-state index in [1.54, 1.807) is 24.8 Å². The van der Waals surface area contributed by atoms with Crippen molar-refractivity contribution in [3.05, 3.63) is 30.5 Å². The molecule has 2 aromatic heterocycles. The van der Waals surface area contributed by atoms with Crippen LogP contribution in [0.5, 0.6) is 0 Å². The third-order valence-electron chi connectivity index (χ3n) is 1.97. The highest BCUT2D eigenvalue weighted by Gasteiger charge is 2.05. The molecule has 0 amide bonds. The maximum Gasteiger partial charge on any atom is 0.178 e. The van der Waals surface area contributed by atoms with Crippen molar-refractivity contribution in [1.29, 1.82) is 0 Å². The fourth-order valence-corrected chi connectivity index (χ4v) is 1.21. The first-order valence-electron chi connectivity index (χ1n) is 4.30. The number of hydrogen-bond donors (Lipinski definition) is 1. The van der Waals surface area contributed by atoms with Crippen molar-refractivity contribution in [2.24, 2.45) is 12.8 Å². The zero-order chi connectivity index (χ0) is 9.97. The molecule has 0 saturated heterocycles. The van der Waals surface area contributed by atoms with Gasteiger partial charge in [-0.15, -0.1) is 0 Å². The molecule has 72 valence electrons. The first kappa shape index (κ1) is 8.83. The first-order chi connectivity index (χ1) is 6.81. The van der Waals surface area contributed by atoms with Crippen LogP contribution in [0.15, 0.2) is 24.8 Å². The van der Waals surface area contributed by atoms with Gasteiger partial charge < -0.3 is 10.3 Å². The van der Waals surface area contributed by atoms with E-state index in [9.17, 15) is 0 Å². The summed E-state index contributed by atoms with van der Waals surface area (Å²) in [5.41, 5.74) is 7.22. The highest BCUT2D eigenvalue weighted by molar-refractivity contribution is 5.47. The van der Waals surface area contributed by atoms with Crippen LogP contribution in [0.2, 0.25) is 0 Å². The van der Waals surface area contributed by atoms with E-state index < -0.39 is 0 Å². The number of imidazole rings is 1. The third kappa shape index (κ3) is 1.49. The number of nitrogens with zero attached hydrogens (tertiary/aromatic N) is 4. The van der Waals surface area contributed by atoms with E-state index in [2.05, 4.69) is 15.0 Å². The molecule has 0 spiro atoms. The predicted molar refractivity (Wildman–Crippen MR) is 52.1 cm³/mol. The van der Waals surface area contributed by atoms with Gasteiger partial charge in [-0.1, -0.05) is 0 Å². The second kappa shape index (κ2) is 3.55. The molecule has 2 N–H and O–H groups in total. The summed E-state index contributed by atoms with van der Waals surface area (Å²) in [6.07, 6.45) is 5.15. The lowest BCUT2D eigenvalue weighted by Gasteiger charge is -2.01. The van der Waals surface area contributed by atoms with Gasteiger partial charge in [-0.25, -0.2) is 15.0 Å². The largest absolute Gasteiger partial charge is 0.331 e. The lowest BCUT2D eigenvalue weighted by atomic mass is 10.3. The summed E-state index contributed by atoms with van der Waals surface area (Å²) in [6, 6.07) is 1.81. The number of nitrogens with two attached hydrogens (primary N) is 1. The van der Waals surface area contributed by atoms with Crippen LogP contribution >= 0.6 is 0 Å². The Morgan fingerprint density at radius 2 is 2.36 bits per heavy atom. The normalized spacial score (nSPS) is 10.4. The van der Waals surface area contributed by atoms with Gasteiger partial charge in [0.05, 0.1) is 18.2 Å². The summed E-state index contributed by atoms with van der Waals surface area (Å²) >= 11 is 0. The molecule has 0 saturated carbocycles. The molecule has 0 radical (unpaired) electrons. The molecule has 14 heavy (non-hydrogen) atoms. The minimum atomic E-state index is 0.424. The van der Waals surface area contributed by atoms with Gasteiger partial charge in [0.15, 0.2) is 5.82 Å². The summed E-state index contributed by atoms with van der Waals surface area (Å²) in [5, 5.41) is 0. The standard InChI is InChI=1S/C9H11N5/c1-14-6-11-5-8(14)9-12-3-2-7(4-10)13-9/h2-3,5-6H,4,10H2,1H3. The number of hydrogen-bond acceptors (Lipinski definition) is 4. The lowest BCUT2D eigenvalue weighted by Crippen LogP contribution is -2.02. The summed E-state index contributed by atoms with van der Waals surface area (Å²) < 4.78 is 1.87. The SMILES string of the molecule is Cn1cncc1-c1nccc(CN)n1. The number of rotatable bonds is 2. The third-order valence-corrected chi connectivity index (χ3v) is 1.97. The van der Waals surface area contributed by atoms with E-state index in [1.165, 1.54) is 0 Å². The molecule has 0 aliphatic rings. The van der Waals surface area contributed by atoms with Crippen LogP contribution in [0.25, 0.3) is 11.5 Å². The zero-order valence-corrected chi connectivity index (χ0v) is 7.88. The van der Waals surface area contributed by atoms with Crippen molar-refractivity contribution in [2.75, 3.05) is 0 Å². The van der Waals surface area contributed by atoms with Crippen molar-refractivity contribution in [2.45, 2.75) is 6.54 Å². The van der Waals surface area contributed by atoms with E-state index in [0.29, 0.717) is 12.4 Å². The van der Waals surface area contributed by atoms with Crippen LogP contribution in [0.1, 0.15) is 5.69 Å². The molecular formula is C9H11N5. The van der Waals surface area contributed by atoms with Crippen molar-refractivity contribution < 1.29 is 0 Å². The number of aryl methyl sites for hydroxylation is 1. The molecule has 2 rings (SSSR count). The highest BCUT2D eigenvalue weighted by atomic mass is 15.1. The molecule has 0 aromatic carbocycles. The van der Waals surface area contributed by atoms with Crippen molar-refractivity contribution in [1.82, 2.24) is 19.5 Å². The molecule has 0 fully saturated rings. The molecule has 5 heteroatoms. The van der Waals surface area contributed by atoms with Crippen LogP contribution < -0.4 is 5.73 Å². The Morgan fingerprint density at radius 3 is 3.00 bits per heavy atom. The summed E-state index contributed by atoms with van der Waals surface area (Å²) in [4.78, 5) is 12.5. The average Bonchev–Trinajstić information content (AvgIpc) is 2.65. The van der Waals surface area contributed by atoms with Crippen molar-refractivity contribution >= 4 is 0 Å². The second-order valence-corrected chi connectivity index (χ2v) is 2.97. The van der Waals surface area contributed by atoms with Crippen LogP contribution in [-0.4, -0.2) is 19.5 Å². The van der Waals surface area contributed by atoms with Gasteiger partial charge in [-0.05, 0) is 6.07 Å². The average molecular weight is 189 g/mol. The van der Waals surface area contributed by atoms with Gasteiger partial charge in [0.2, 0.25) is 0 Å². The van der Waals surface area contributed by atoms with Crippen molar-refractivity contribution in [3.63, 3.8) is 0 Å². The van der Waals surface area contributed by atoms with Crippen molar-refractivity contribution in [3.8, 4) is 11.5 Å². The maximum atomic E-state index is 5.50. The van der Waals surface area contributed by atoms with Crippen LogP contribution in [0.3, 0.4) is 0 Å². The van der Waals surface area contributed by atoms with E-state index in [1.807, 2.05) is 11.6 Å². The Bertz CT molecular complexity index is 434. The van der Waals surface area contributed by atoms with E-state index in [0.717, 1.165) is 11.4 Å². The molecule has 2 heterocycles. The van der Waals surface area contributed by atoms with Crippen LogP contribution in [-0.2, 0) is 13.6 Å². The minimum absolute atomic E-state index is 0.424. The van der Waals surface area contributed by atoms with Crippen LogP contribution in [0, 0.1) is 0 Å². The first-order valence-corrected chi connectivity index (χ1v) is 4.30. The fraction of sp³-hybridized carbons (Fsp3) is 0.222. The quantitative estimate of drug-likeness (QED) is 0.739. The summed E-state index contributed by atoms with van der Waals surface area (Å²) in [5.74, 6) is 0.660. The van der Waals surface area contributed by atoms with E-state index >= 15 is 0 Å². The van der Waals surface area contributed by atoms with Gasteiger partial charge >= 0.3 is 0 Å². The predicted octanol–water partition coefficient (Wildman–Crippen LogP) is 0.336. The topological polar surface area (TPSA) is 69.6 Å². The molecular weight excluding hydrogens is 178 g/mol. The Kier molecular flexibility index (Phi) is 2.24. The zero-order valence-electron chi connectivity index (χ0n) is 7.88. The molecule has 0 aliphatic heterocycles. The molecule has 0 bridgehead atoms. The van der Waals surface area contributed by atoms with Gasteiger partial charge in [-0.3, -0.25) is 0 Å². The van der Waals surface area contributed by atoms with Gasteiger partial charge in [0.25, 0.3) is 0 Å². The lowest BCUT2D eigenvalue weighted by molar-refractivity contribution is 0.896. The number of aromatic nitrogens is 4. The molecule has 5 nitrogen and oxygen atoms in total. The summed E-state index contributed by atoms with van der Waals surface area (Å²) in [7, 11) is 1.90. The van der Waals surface area contributed by atoms with Gasteiger partial charge in [0.1, 0.15) is 5.69 Å². The summed E-state index contributed by atoms with van der Waals surface area (Å²) in [6.45, 7) is 0.424. The van der Waals surface area contributed by atoms with Gasteiger partial charge in [-0.2, -0.15) is 0 Å². The van der Waals surface area contributed by atoms with Crippen LogP contribution in [0.4, 0.5) is 0 Å². The Hall–Kier alpha value is -1.75. The molecule has 0 unspecified atom stereocenters. The molecule has 2 aromatic rings. The van der Waals surface area contributed by atoms with E-state index in [-0.39, 0.29) is 0 Å². The van der Waals surface area contributed by atoms with Gasteiger partial charge in [0, 0.05) is 19.8 Å². The Labute approximate surface area is 81.6 Å². The monoisotopic (exact) mass is 189 g/mol. The Balaban J connectivity index is 2.47. The molecule has 0 aliphatic carbocycles. The minimum Gasteiger partial charge on any atom is -0.331 e. The fourth-order valence-electron chi connectivity index (χ4n) is 1.21. The highest BCUT2D eigenvalue weighted by Crippen LogP contribution is 2.12. The Morgan fingerprint density at radius 1 is 1.50 bits per heavy atom. The maximum absolute atomic E-state index is 5.50. The smallest absolute Gasteiger partial charge is 0.178 e. The van der Waals surface area contributed by atoms with E-state index in [4.69, 9.17) is 5.73 Å². The second-order valence-electron chi connectivity index (χ2n) is 2.97.